The summed E-state index contributed by atoms with van der Waals surface area (Å²) < 4.78 is 27.1. The van der Waals surface area contributed by atoms with Gasteiger partial charge in [-0.3, -0.25) is 19.2 Å². The molecule has 478 valence electrons. The first kappa shape index (κ1) is 75.3. The van der Waals surface area contributed by atoms with E-state index >= 15 is 0 Å². The van der Waals surface area contributed by atoms with E-state index in [1.807, 2.05) is 13.8 Å². The molecule has 0 saturated carbocycles. The molecule has 85 heavy (non-hydrogen) atoms. The Hall–Kier alpha value is -3.98. The van der Waals surface area contributed by atoms with Gasteiger partial charge in [-0.05, 0) is 63.1 Å². The molecule has 3 aromatic carbocycles. The first-order chi connectivity index (χ1) is 41.5. The summed E-state index contributed by atoms with van der Waals surface area (Å²) in [5.74, 6) is -0.224. The van der Waals surface area contributed by atoms with Crippen molar-refractivity contribution in [2.75, 3.05) is 51.0 Å². The highest BCUT2D eigenvalue weighted by Gasteiger charge is 2.23. The van der Waals surface area contributed by atoms with Crippen molar-refractivity contribution >= 4 is 61.8 Å². The van der Waals surface area contributed by atoms with Crippen molar-refractivity contribution in [2.24, 2.45) is 5.92 Å². The molecule has 16 heteroatoms. The third-order valence-corrected chi connectivity index (χ3v) is 18.1. The molecule has 0 saturated heterocycles. The Kier molecular flexibility index (Phi) is 45.1. The number of hydrogen-bond donors (Lipinski definition) is 2. The topological polar surface area (TPSA) is 179 Å². The van der Waals surface area contributed by atoms with Crippen LogP contribution < -0.4 is 15.5 Å². The van der Waals surface area contributed by atoms with E-state index in [1.165, 1.54) is 159 Å². The van der Waals surface area contributed by atoms with Gasteiger partial charge in [0.25, 0.3) is 5.91 Å². The molecule has 0 aliphatic heterocycles. The number of aryl methyl sites for hydroxylation is 2. The Morgan fingerprint density at radius 3 is 1.31 bits per heavy atom. The van der Waals surface area contributed by atoms with Crippen LogP contribution in [0, 0.1) is 19.8 Å². The third-order valence-electron chi connectivity index (χ3n) is 15.0. The average Bonchev–Trinajstić information content (AvgIpc) is 3.66. The van der Waals surface area contributed by atoms with Gasteiger partial charge in [-0.25, -0.2) is 4.79 Å². The molecule has 0 aromatic heterocycles. The molecule has 3 aromatic rings. The summed E-state index contributed by atoms with van der Waals surface area (Å²) in [4.78, 5) is 79.8. The number of esters is 2. The molecule has 2 atom stereocenters. The van der Waals surface area contributed by atoms with Gasteiger partial charge in [0.15, 0.2) is 11.9 Å². The predicted molar refractivity (Wildman–Crippen MR) is 349 cm³/mol. The molecule has 13 nitrogen and oxygen atoms in total. The lowest BCUT2D eigenvalue weighted by Gasteiger charge is -2.25. The van der Waals surface area contributed by atoms with Crippen LogP contribution in [0.3, 0.4) is 0 Å². The molecule has 0 fully saturated rings. The van der Waals surface area contributed by atoms with E-state index in [0.29, 0.717) is 29.1 Å². The fourth-order valence-electron chi connectivity index (χ4n) is 9.70. The van der Waals surface area contributed by atoms with Gasteiger partial charge in [0.1, 0.15) is 13.2 Å². The molecule has 3 rings (SSSR count). The Balaban J connectivity index is 1.33. The maximum atomic E-state index is 13.9. The summed E-state index contributed by atoms with van der Waals surface area (Å²) in [6, 6.07) is 23.2. The minimum atomic E-state index is -2.67. The smallest absolute Gasteiger partial charge is 0.407 e. The van der Waals surface area contributed by atoms with Gasteiger partial charge in [0.05, 0.1) is 28.4 Å². The number of rotatable bonds is 54. The number of ether oxygens (including phenoxy) is 3. The van der Waals surface area contributed by atoms with Crippen LogP contribution in [0.25, 0.3) is 0 Å². The molecule has 2 N–H and O–H groups in total. The monoisotopic (exact) mass is 1240 g/mol. The van der Waals surface area contributed by atoms with Gasteiger partial charge in [0.2, 0.25) is 0 Å². The second-order valence-corrected chi connectivity index (χ2v) is 25.9. The summed E-state index contributed by atoms with van der Waals surface area (Å²) in [7, 11) is -2.67. The second kappa shape index (κ2) is 51.0. The second-order valence-electron chi connectivity index (χ2n) is 22.8. The summed E-state index contributed by atoms with van der Waals surface area (Å²) >= 11 is 3.31. The van der Waals surface area contributed by atoms with Gasteiger partial charge >= 0.3 is 18.0 Å². The summed E-state index contributed by atoms with van der Waals surface area (Å²) in [5.41, 5.74) is 3.24. The van der Waals surface area contributed by atoms with Crippen LogP contribution in [0.4, 0.5) is 4.79 Å². The molecule has 2 amide bonds. The number of thioether (sulfide) groups is 2. The first-order valence-electron chi connectivity index (χ1n) is 32.8. The number of carbonyl (C=O) groups excluding carboxylic acids is 5. The van der Waals surface area contributed by atoms with Crippen molar-refractivity contribution in [3.8, 4) is 0 Å². The number of Topliss-reactive ketones (excluding diaryl/α,β-unsaturated/α-hetero) is 1. The number of unbranched alkanes of at least 4 members (excludes halogenated alkanes) is 28. The van der Waals surface area contributed by atoms with Crippen LogP contribution in [-0.2, 0) is 32.8 Å². The number of nitrogens with one attached hydrogen (secondary N) is 2. The average molecular weight is 1240 g/mol. The number of benzene rings is 3. The zero-order chi connectivity index (χ0) is 61.2. The lowest BCUT2D eigenvalue weighted by Crippen LogP contribution is -2.32. The molecule has 0 bridgehead atoms. The van der Waals surface area contributed by atoms with Crippen LogP contribution in [0.1, 0.15) is 251 Å². The maximum Gasteiger partial charge on any atom is 0.407 e. The van der Waals surface area contributed by atoms with Crippen molar-refractivity contribution in [2.45, 2.75) is 249 Å². The lowest BCUT2D eigenvalue weighted by atomic mass is 9.99. The largest absolute Gasteiger partial charge is 0.786 e. The van der Waals surface area contributed by atoms with Gasteiger partial charge in [-0.1, -0.05) is 241 Å². The Morgan fingerprint density at radius 2 is 0.859 bits per heavy atom. The fourth-order valence-corrected chi connectivity index (χ4v) is 12.4. The van der Waals surface area contributed by atoms with Gasteiger partial charge in [-0.2, -0.15) is 0 Å². The SMILES string of the molecule is CCCCCCCCCCCCCCCCCC(=O)OC[C@@H](COP([O-])OCCNC(=O)OCCNC(=O)c1ccc(C(=O)C(CSc2ccc(C)cc2)CSc2ccc(C)cc2)cc1)OC(=O)CCCCCCCCCCCCCCCCC. The van der Waals surface area contributed by atoms with E-state index < -0.39 is 26.8 Å². The van der Waals surface area contributed by atoms with E-state index in [0.717, 1.165) is 48.3 Å². The van der Waals surface area contributed by atoms with Crippen LogP contribution in [-0.4, -0.2) is 86.8 Å². The van der Waals surface area contributed by atoms with Crippen molar-refractivity contribution in [1.29, 1.82) is 0 Å². The molecule has 0 aliphatic rings. The van der Waals surface area contributed by atoms with E-state index in [9.17, 15) is 28.9 Å². The molecule has 1 unspecified atom stereocenters. The van der Waals surface area contributed by atoms with Crippen molar-refractivity contribution < 1.29 is 52.1 Å². The van der Waals surface area contributed by atoms with Crippen LogP contribution in [0.5, 0.6) is 0 Å². The van der Waals surface area contributed by atoms with E-state index in [4.69, 9.17) is 23.3 Å². The molecule has 0 heterocycles. The van der Waals surface area contributed by atoms with Crippen LogP contribution >= 0.6 is 32.1 Å². The number of carbonyl (C=O) groups is 5. The molecular weight excluding hydrogens is 1130 g/mol. The summed E-state index contributed by atoms with van der Waals surface area (Å²) in [5, 5.41) is 5.23. The summed E-state index contributed by atoms with van der Waals surface area (Å²) in [6.45, 7) is 7.78. The zero-order valence-electron chi connectivity index (χ0n) is 52.6. The number of alkyl carbamates (subject to hydrolysis) is 1. The third kappa shape index (κ3) is 40.2. The maximum absolute atomic E-state index is 13.9. The molecule has 0 radical (unpaired) electrons. The quantitative estimate of drug-likeness (QED) is 0.0136. The first-order valence-corrected chi connectivity index (χ1v) is 35.8. The number of amides is 2. The Labute approximate surface area is 522 Å². The van der Waals surface area contributed by atoms with Gasteiger partial charge in [-0.15, -0.1) is 23.5 Å². The van der Waals surface area contributed by atoms with Crippen molar-refractivity contribution in [1.82, 2.24) is 10.6 Å². The van der Waals surface area contributed by atoms with Crippen LogP contribution in [0.2, 0.25) is 0 Å². The minimum Gasteiger partial charge on any atom is -0.786 e. The van der Waals surface area contributed by atoms with Gasteiger partial charge in [0, 0.05) is 57.7 Å². The molecule has 0 spiro atoms. The summed E-state index contributed by atoms with van der Waals surface area (Å²) in [6.07, 6.45) is 35.6. The van der Waals surface area contributed by atoms with Crippen LogP contribution in [0.15, 0.2) is 82.6 Å². The lowest BCUT2D eigenvalue weighted by molar-refractivity contribution is -0.207. The fraction of sp³-hybridized carbons (Fsp3) is 0.667. The van der Waals surface area contributed by atoms with Crippen molar-refractivity contribution in [3.63, 3.8) is 0 Å². The predicted octanol–water partition coefficient (Wildman–Crippen LogP) is 17.7. The molecular formula is C69H108N2O11PS2-. The Bertz CT molecular complexity index is 2140. The Morgan fingerprint density at radius 1 is 0.459 bits per heavy atom. The van der Waals surface area contributed by atoms with E-state index in [1.54, 1.807) is 47.8 Å². The standard InChI is InChI=1S/C69H108N2O11PS2/c1-5-7-9-11-13-15-17-19-21-23-25-27-29-31-33-35-65(72)79-53-62(82-66(73)36-34-32-30-28-26-24-22-20-18-16-14-12-10-8-6-2)54-81-83(77)80-52-50-71-69(76)78-51-49-70-68(75)60-43-41-59(42-44-60)67(74)61(55-84-63-45-37-57(3)38-46-63)56-85-64-47-39-58(4)40-48-64/h37-48,61-62H,5-36,49-56H2,1-4H3,(H,70,75)(H,71,76)/q-1/t62-,83?/m0/s1. The highest BCUT2D eigenvalue weighted by molar-refractivity contribution is 8.00. The highest BCUT2D eigenvalue weighted by Crippen LogP contribution is 2.30. The van der Waals surface area contributed by atoms with E-state index in [2.05, 4.69) is 73.0 Å². The number of hydrogen-bond acceptors (Lipinski definition) is 13. The van der Waals surface area contributed by atoms with Crippen molar-refractivity contribution in [3.05, 3.63) is 95.1 Å². The minimum absolute atomic E-state index is 0.0115. The van der Waals surface area contributed by atoms with Gasteiger partial charge < -0.3 is 38.8 Å². The highest BCUT2D eigenvalue weighted by atomic mass is 32.2. The molecule has 0 aliphatic carbocycles. The number of ketones is 1. The normalized spacial score (nSPS) is 12.0. The van der Waals surface area contributed by atoms with E-state index in [-0.39, 0.29) is 75.9 Å². The zero-order valence-corrected chi connectivity index (χ0v) is 55.1.